The first-order valence-electron chi connectivity index (χ1n) is 18.1. The first-order valence-corrected chi connectivity index (χ1v) is 18.9. The number of amides is 4. The standard InChI is InChI=1S/C39H41F2N3O13S/c1-20(38(50)51)13-33(49)43-17-22-14-26(53-3)36(35(41)24(22)18-43)55-9-5-10-56-37-27(54-4)16-28-23(34(37)40)15-29(58-28)25(45)12-21(2)39(52)57-11-8-42-30(46)19-44-31(47)6-7-32(44)48/h6-7,14-16,20-21H,5,8-13,17-19H2,1-4H3,(H,42,46)(H,50,51)/t20-,21-/m0/s1. The lowest BCUT2D eigenvalue weighted by Crippen LogP contribution is -2.41. The summed E-state index contributed by atoms with van der Waals surface area (Å²) < 4.78 is 59.1. The molecule has 0 fully saturated rings. The molecular formula is C39H41F2N3O13S. The lowest BCUT2D eigenvalue weighted by molar-refractivity contribution is -0.148. The van der Waals surface area contributed by atoms with Crippen LogP contribution in [0.3, 0.4) is 0 Å². The first-order chi connectivity index (χ1) is 27.6. The molecule has 16 nitrogen and oxygen atoms in total. The van der Waals surface area contributed by atoms with E-state index < -0.39 is 71.4 Å². The van der Waals surface area contributed by atoms with Crippen LogP contribution in [0.25, 0.3) is 10.1 Å². The molecule has 2 aliphatic heterocycles. The number of rotatable bonds is 20. The Morgan fingerprint density at radius 1 is 0.862 bits per heavy atom. The summed E-state index contributed by atoms with van der Waals surface area (Å²) in [5, 5.41) is 11.7. The van der Waals surface area contributed by atoms with Gasteiger partial charge in [-0.3, -0.25) is 38.5 Å². The second-order valence-corrected chi connectivity index (χ2v) is 14.6. The van der Waals surface area contributed by atoms with Crippen LogP contribution < -0.4 is 24.3 Å². The van der Waals surface area contributed by atoms with Crippen molar-refractivity contribution in [1.29, 1.82) is 0 Å². The van der Waals surface area contributed by atoms with Crippen molar-refractivity contribution in [3.8, 4) is 23.0 Å². The van der Waals surface area contributed by atoms with E-state index in [4.69, 9.17) is 28.8 Å². The molecule has 4 amide bonds. The molecule has 0 radical (unpaired) electrons. The molecule has 0 spiro atoms. The number of benzene rings is 2. The molecule has 1 aromatic heterocycles. The minimum atomic E-state index is -1.11. The number of carboxylic acids is 1. The van der Waals surface area contributed by atoms with Gasteiger partial charge >= 0.3 is 11.9 Å². The number of nitrogens with one attached hydrogen (secondary N) is 1. The predicted octanol–water partition coefficient (Wildman–Crippen LogP) is 3.79. The number of halogens is 2. The number of imide groups is 1. The maximum atomic E-state index is 15.8. The van der Waals surface area contributed by atoms with E-state index in [1.165, 1.54) is 45.1 Å². The summed E-state index contributed by atoms with van der Waals surface area (Å²) in [5.74, 6) is -7.98. The van der Waals surface area contributed by atoms with Gasteiger partial charge in [-0.1, -0.05) is 13.8 Å². The molecule has 3 aromatic rings. The molecule has 2 aliphatic rings. The zero-order valence-electron chi connectivity index (χ0n) is 32.0. The summed E-state index contributed by atoms with van der Waals surface area (Å²) in [6.07, 6.45) is 1.81. The Hall–Kier alpha value is -6.11. The summed E-state index contributed by atoms with van der Waals surface area (Å²) in [6.45, 7) is 2.02. The number of hydrogen-bond donors (Lipinski definition) is 2. The molecule has 0 aliphatic carbocycles. The van der Waals surface area contributed by atoms with Crippen LogP contribution in [0.1, 0.15) is 53.9 Å². The molecule has 2 atom stereocenters. The zero-order chi connectivity index (χ0) is 42.3. The van der Waals surface area contributed by atoms with Crippen LogP contribution in [0.15, 0.2) is 30.4 Å². The van der Waals surface area contributed by atoms with E-state index in [2.05, 4.69) is 5.32 Å². The minimum Gasteiger partial charge on any atom is -0.493 e. The second-order valence-electron chi connectivity index (χ2n) is 13.5. The summed E-state index contributed by atoms with van der Waals surface area (Å²) in [7, 11) is 2.67. The number of thiophene rings is 1. The van der Waals surface area contributed by atoms with Gasteiger partial charge in [-0.2, -0.15) is 0 Å². The highest BCUT2D eigenvalue weighted by Gasteiger charge is 2.32. The smallest absolute Gasteiger partial charge is 0.309 e. The Labute approximate surface area is 334 Å². The fraction of sp³-hybridized carbons (Fsp3) is 0.410. The fourth-order valence-corrected chi connectivity index (χ4v) is 7.10. The van der Waals surface area contributed by atoms with Crippen molar-refractivity contribution in [2.75, 3.05) is 47.1 Å². The molecule has 0 saturated heterocycles. The van der Waals surface area contributed by atoms with Gasteiger partial charge in [0.15, 0.2) is 40.4 Å². The second kappa shape index (κ2) is 18.9. The SMILES string of the molecule is COc1cc2c(c(F)c1OCCCOc1c(OC)cc3sc(C(=O)C[C@H](C)C(=O)OCCNC(=O)CN4C(=O)C=CC4=O)cc3c1F)CN(C(=O)C[C@H](C)C(=O)O)C2. The van der Waals surface area contributed by atoms with Crippen LogP contribution in [0, 0.1) is 23.5 Å². The molecule has 310 valence electrons. The van der Waals surface area contributed by atoms with Crippen molar-refractivity contribution in [1.82, 2.24) is 15.1 Å². The molecule has 19 heteroatoms. The quantitative estimate of drug-likeness (QED) is 0.0721. The largest absolute Gasteiger partial charge is 0.493 e. The van der Waals surface area contributed by atoms with Gasteiger partial charge in [0.05, 0.1) is 50.7 Å². The van der Waals surface area contributed by atoms with Crippen LogP contribution in [0.4, 0.5) is 8.78 Å². The highest BCUT2D eigenvalue weighted by atomic mass is 32.1. The van der Waals surface area contributed by atoms with Gasteiger partial charge in [0.1, 0.15) is 13.2 Å². The number of esters is 1. The number of Topliss-reactive ketones (excluding diaryl/α,β-unsaturated/α-hetero) is 1. The Kier molecular flexibility index (Phi) is 14.0. The number of carbonyl (C=O) groups excluding carboxylic acids is 6. The Bertz CT molecular complexity index is 2150. The number of ketones is 1. The zero-order valence-corrected chi connectivity index (χ0v) is 32.8. The summed E-state index contributed by atoms with van der Waals surface area (Å²) in [6, 6.07) is 4.44. The van der Waals surface area contributed by atoms with E-state index >= 15 is 8.78 Å². The summed E-state index contributed by atoms with van der Waals surface area (Å²) >= 11 is 1.00. The first kappa shape index (κ1) is 43.0. The Balaban J connectivity index is 1.11. The molecule has 2 N–H and O–H groups in total. The number of fused-ring (bicyclic) bond motifs is 2. The number of nitrogens with zero attached hydrogens (tertiary/aromatic N) is 2. The third kappa shape index (κ3) is 9.88. The van der Waals surface area contributed by atoms with E-state index in [9.17, 15) is 33.6 Å². The third-order valence-electron chi connectivity index (χ3n) is 9.29. The van der Waals surface area contributed by atoms with Crippen LogP contribution in [0.5, 0.6) is 23.0 Å². The lowest BCUT2D eigenvalue weighted by Gasteiger charge is -2.16. The highest BCUT2D eigenvalue weighted by molar-refractivity contribution is 7.20. The van der Waals surface area contributed by atoms with Gasteiger partial charge < -0.3 is 39.0 Å². The van der Waals surface area contributed by atoms with E-state index in [1.54, 1.807) is 6.07 Å². The average Bonchev–Trinajstić information content (AvgIpc) is 3.91. The van der Waals surface area contributed by atoms with Gasteiger partial charge in [-0.25, -0.2) is 8.78 Å². The number of carboxylic acid groups (broad SMARTS) is 1. The van der Waals surface area contributed by atoms with Gasteiger partial charge in [-0.05, 0) is 17.7 Å². The fourth-order valence-electron chi connectivity index (χ4n) is 6.06. The highest BCUT2D eigenvalue weighted by Crippen LogP contribution is 2.41. The molecule has 0 saturated carbocycles. The van der Waals surface area contributed by atoms with E-state index in [-0.39, 0.29) is 97.5 Å². The molecule has 58 heavy (non-hydrogen) atoms. The van der Waals surface area contributed by atoms with E-state index in [1.807, 2.05) is 0 Å². The normalized spacial score (nSPS) is 14.3. The summed E-state index contributed by atoms with van der Waals surface area (Å²) in [4.78, 5) is 87.0. The van der Waals surface area contributed by atoms with Gasteiger partial charge in [0, 0.05) is 66.2 Å². The monoisotopic (exact) mass is 829 g/mol. The maximum Gasteiger partial charge on any atom is 0.309 e. The third-order valence-corrected chi connectivity index (χ3v) is 10.4. The molecule has 0 unspecified atom stereocenters. The van der Waals surface area contributed by atoms with Crippen molar-refractivity contribution < 1.29 is 71.1 Å². The van der Waals surface area contributed by atoms with Crippen molar-refractivity contribution in [2.24, 2.45) is 11.8 Å². The number of methoxy groups -OCH3 is 2. The van der Waals surface area contributed by atoms with E-state index in [0.717, 1.165) is 28.4 Å². The number of aliphatic carboxylic acids is 1. The van der Waals surface area contributed by atoms with Crippen molar-refractivity contribution in [2.45, 2.75) is 46.2 Å². The lowest BCUT2D eigenvalue weighted by atomic mass is 10.0. The topological polar surface area (TPSA) is 204 Å². The van der Waals surface area contributed by atoms with Crippen molar-refractivity contribution >= 4 is 62.8 Å². The van der Waals surface area contributed by atoms with Crippen LogP contribution in [0.2, 0.25) is 0 Å². The van der Waals surface area contributed by atoms with Crippen molar-refractivity contribution in [3.63, 3.8) is 0 Å². The number of ether oxygens (including phenoxy) is 5. The predicted molar refractivity (Wildman–Crippen MR) is 201 cm³/mol. The van der Waals surface area contributed by atoms with Crippen molar-refractivity contribution in [3.05, 3.63) is 58.0 Å². The summed E-state index contributed by atoms with van der Waals surface area (Å²) in [5.41, 5.74) is 0.746. The average molecular weight is 830 g/mol. The Morgan fingerprint density at radius 3 is 2.14 bits per heavy atom. The maximum absolute atomic E-state index is 15.8. The van der Waals surface area contributed by atoms with Gasteiger partial charge in [0.2, 0.25) is 11.8 Å². The van der Waals surface area contributed by atoms with E-state index in [0.29, 0.717) is 10.3 Å². The molecule has 0 bridgehead atoms. The molecule has 2 aromatic carbocycles. The minimum absolute atomic E-state index is 0.0586. The van der Waals surface area contributed by atoms with Crippen LogP contribution >= 0.6 is 11.3 Å². The van der Waals surface area contributed by atoms with Gasteiger partial charge in [-0.15, -0.1) is 11.3 Å². The molecular weight excluding hydrogens is 788 g/mol. The van der Waals surface area contributed by atoms with Crippen LogP contribution in [-0.2, 0) is 46.6 Å². The Morgan fingerprint density at radius 2 is 1.50 bits per heavy atom. The molecule has 5 rings (SSSR count). The molecule has 3 heterocycles. The van der Waals surface area contributed by atoms with Gasteiger partial charge in [0.25, 0.3) is 11.8 Å². The van der Waals surface area contributed by atoms with Crippen LogP contribution in [-0.4, -0.2) is 103 Å². The number of hydrogen-bond acceptors (Lipinski definition) is 13. The number of carbonyl (C=O) groups is 7.